The minimum absolute atomic E-state index is 0. The van der Waals surface area contributed by atoms with Crippen molar-refractivity contribution in [2.75, 3.05) is 0 Å². The van der Waals surface area contributed by atoms with E-state index in [1.807, 2.05) is 0 Å². The van der Waals surface area contributed by atoms with E-state index in [0.717, 1.165) is 0 Å². The average Bonchev–Trinajstić information content (AvgIpc) is 1.36. The predicted octanol–water partition coefficient (Wildman–Crippen LogP) is -3.02. The number of aliphatic hydroxyl groups excluding tert-OH is 1. The van der Waals surface area contributed by atoms with Gasteiger partial charge in [-0.1, -0.05) is 0 Å². The molecule has 6 nitrogen and oxygen atoms in total. The molecule has 0 bridgehead atoms. The van der Waals surface area contributed by atoms with Gasteiger partial charge in [-0.2, -0.15) is 0 Å². The van der Waals surface area contributed by atoms with Gasteiger partial charge in [-0.15, -0.1) is 0 Å². The van der Waals surface area contributed by atoms with E-state index in [9.17, 15) is 4.79 Å². The zero-order chi connectivity index (χ0) is 5.15. The Labute approximate surface area is 72.7 Å². The summed E-state index contributed by atoms with van der Waals surface area (Å²) in [6.45, 7) is 1.20. The molecule has 0 radical (unpaired) electrons. The van der Waals surface area contributed by atoms with E-state index in [2.05, 4.69) is 0 Å². The van der Waals surface area contributed by atoms with Crippen molar-refractivity contribution >= 4 is 5.97 Å². The fourth-order valence-electron chi connectivity index (χ4n) is 0. The van der Waals surface area contributed by atoms with E-state index >= 15 is 0 Å². The van der Waals surface area contributed by atoms with E-state index in [4.69, 9.17) is 10.2 Å². The Morgan fingerprint density at radius 3 is 1.40 bits per heavy atom. The molecule has 0 spiro atoms. The molecule has 7 heteroatoms. The smallest absolute Gasteiger partial charge is 0.332 e. The summed E-state index contributed by atoms with van der Waals surface area (Å²) in [5, 5.41) is 15.8. The molecular formula is C3H12O6Ti. The van der Waals surface area contributed by atoms with Crippen molar-refractivity contribution in [3.05, 3.63) is 0 Å². The van der Waals surface area contributed by atoms with Gasteiger partial charge in [-0.05, 0) is 6.92 Å². The molecule has 1 unspecified atom stereocenters. The summed E-state index contributed by atoms with van der Waals surface area (Å²) >= 11 is 0. The molecular weight excluding hydrogens is 180 g/mol. The molecule has 0 amide bonds. The van der Waals surface area contributed by atoms with Gasteiger partial charge < -0.3 is 26.6 Å². The molecule has 64 valence electrons. The molecule has 8 N–H and O–H groups in total. The first-order valence-corrected chi connectivity index (χ1v) is 1.55. The quantitative estimate of drug-likeness (QED) is 0.425. The van der Waals surface area contributed by atoms with Gasteiger partial charge in [-0.25, -0.2) is 4.79 Å². The van der Waals surface area contributed by atoms with Crippen molar-refractivity contribution in [2.24, 2.45) is 0 Å². The maximum Gasteiger partial charge on any atom is 0.332 e. The van der Waals surface area contributed by atoms with Gasteiger partial charge in [0.1, 0.15) is 6.10 Å². The normalized spacial score (nSPS) is 8.20. The van der Waals surface area contributed by atoms with Crippen LogP contribution in [0.25, 0.3) is 0 Å². The largest absolute Gasteiger partial charge is 0.479 e. The summed E-state index contributed by atoms with van der Waals surface area (Å²) in [4.78, 5) is 9.45. The number of carboxylic acids is 1. The number of aliphatic carboxylic acids is 1. The number of aliphatic hydroxyl groups is 1. The van der Waals surface area contributed by atoms with E-state index in [0.29, 0.717) is 0 Å². The summed E-state index contributed by atoms with van der Waals surface area (Å²) in [6, 6.07) is 0. The Morgan fingerprint density at radius 2 is 1.40 bits per heavy atom. The Morgan fingerprint density at radius 1 is 1.30 bits per heavy atom. The third-order valence-corrected chi connectivity index (χ3v) is 0.357. The van der Waals surface area contributed by atoms with Crippen LogP contribution in [-0.2, 0) is 26.5 Å². The number of carboxylic acid groups (broad SMARTS) is 1. The van der Waals surface area contributed by atoms with E-state index in [-0.39, 0.29) is 38.1 Å². The van der Waals surface area contributed by atoms with Gasteiger partial charge in [0.15, 0.2) is 0 Å². The minimum Gasteiger partial charge on any atom is -0.479 e. The molecule has 0 aromatic rings. The van der Waals surface area contributed by atoms with Crippen molar-refractivity contribution in [2.45, 2.75) is 13.0 Å². The summed E-state index contributed by atoms with van der Waals surface area (Å²) in [7, 11) is 0. The van der Waals surface area contributed by atoms with Crippen molar-refractivity contribution in [1.29, 1.82) is 0 Å². The Hall–Kier alpha value is 0.0243. The summed E-state index contributed by atoms with van der Waals surface area (Å²) in [5.74, 6) is -1.19. The minimum atomic E-state index is -1.23. The molecule has 0 aliphatic heterocycles. The zero-order valence-corrected chi connectivity index (χ0v) is 6.94. The van der Waals surface area contributed by atoms with Gasteiger partial charge in [0.05, 0.1) is 0 Å². The monoisotopic (exact) mass is 192 g/mol. The number of carbonyl (C=O) groups is 1. The second-order valence-corrected chi connectivity index (χ2v) is 1.01. The number of hydrogen-bond acceptors (Lipinski definition) is 2. The zero-order valence-electron chi connectivity index (χ0n) is 5.38. The summed E-state index contributed by atoms with van der Waals surface area (Å²) < 4.78 is 0. The third-order valence-electron chi connectivity index (χ3n) is 0.357. The van der Waals surface area contributed by atoms with E-state index in [1.165, 1.54) is 6.92 Å². The molecule has 0 aromatic heterocycles. The van der Waals surface area contributed by atoms with Gasteiger partial charge in [0.25, 0.3) is 0 Å². The standard InChI is InChI=1S/C3H6O3.3H2O.Ti/c1-2(4)3(5)6;;;;/h2,4H,1H3,(H,5,6);3*1H2;. The summed E-state index contributed by atoms with van der Waals surface area (Å²) in [5.41, 5.74) is 0. The van der Waals surface area contributed by atoms with Gasteiger partial charge in [0.2, 0.25) is 0 Å². The first-order valence-electron chi connectivity index (χ1n) is 1.55. The second-order valence-electron chi connectivity index (χ2n) is 1.01. The van der Waals surface area contributed by atoms with Gasteiger partial charge in [-0.3, -0.25) is 0 Å². The van der Waals surface area contributed by atoms with Crippen LogP contribution in [0.15, 0.2) is 0 Å². The molecule has 0 fully saturated rings. The topological polar surface area (TPSA) is 152 Å². The van der Waals surface area contributed by atoms with Crippen LogP contribution in [0.3, 0.4) is 0 Å². The Balaban J connectivity index is -0.0000000208. The Bertz CT molecular complexity index is 64.0. The van der Waals surface area contributed by atoms with Crippen LogP contribution >= 0.6 is 0 Å². The Kier molecular flexibility index (Phi) is 51.8. The molecule has 0 aromatic carbocycles. The van der Waals surface area contributed by atoms with Gasteiger partial charge in [0, 0.05) is 21.7 Å². The van der Waals surface area contributed by atoms with Crippen LogP contribution in [-0.4, -0.2) is 38.7 Å². The molecule has 0 saturated heterocycles. The average molecular weight is 192 g/mol. The maximum absolute atomic E-state index is 9.45. The van der Waals surface area contributed by atoms with Crippen LogP contribution < -0.4 is 0 Å². The third kappa shape index (κ3) is 24.4. The molecule has 0 rings (SSSR count). The molecule has 0 aliphatic carbocycles. The van der Waals surface area contributed by atoms with E-state index in [1.54, 1.807) is 0 Å². The molecule has 1 atom stereocenters. The van der Waals surface area contributed by atoms with E-state index < -0.39 is 12.1 Å². The molecule has 0 saturated carbocycles. The molecule has 0 heterocycles. The number of hydrogen-bond donors (Lipinski definition) is 2. The maximum atomic E-state index is 9.45. The molecule has 0 aliphatic rings. The van der Waals surface area contributed by atoms with Crippen LogP contribution in [0.2, 0.25) is 0 Å². The van der Waals surface area contributed by atoms with Gasteiger partial charge >= 0.3 is 5.97 Å². The fraction of sp³-hybridized carbons (Fsp3) is 0.667. The first-order chi connectivity index (χ1) is 2.64. The summed E-state index contributed by atoms with van der Waals surface area (Å²) in [6.07, 6.45) is -1.23. The molecule has 10 heavy (non-hydrogen) atoms. The fourth-order valence-corrected chi connectivity index (χ4v) is 0. The van der Waals surface area contributed by atoms with Crippen molar-refractivity contribution in [3.63, 3.8) is 0 Å². The van der Waals surface area contributed by atoms with Crippen molar-refractivity contribution < 1.29 is 53.2 Å². The van der Waals surface area contributed by atoms with Crippen LogP contribution in [0.5, 0.6) is 0 Å². The van der Waals surface area contributed by atoms with Crippen molar-refractivity contribution in [3.8, 4) is 0 Å². The first kappa shape index (κ1) is 32.3. The second kappa shape index (κ2) is 16.0. The predicted molar refractivity (Wildman–Crippen MR) is 30.2 cm³/mol. The SMILES string of the molecule is CC(O)C(=O)O.O.O.O.[Ti]. The van der Waals surface area contributed by atoms with Crippen LogP contribution in [0, 0.1) is 0 Å². The van der Waals surface area contributed by atoms with Crippen LogP contribution in [0.4, 0.5) is 0 Å². The van der Waals surface area contributed by atoms with Crippen molar-refractivity contribution in [1.82, 2.24) is 0 Å². The number of rotatable bonds is 1. The van der Waals surface area contributed by atoms with Crippen LogP contribution in [0.1, 0.15) is 6.92 Å².